The van der Waals surface area contributed by atoms with Crippen LogP contribution in [0.5, 0.6) is 0 Å². The summed E-state index contributed by atoms with van der Waals surface area (Å²) in [5.41, 5.74) is 1.27. The topological polar surface area (TPSA) is 29.9 Å². The van der Waals surface area contributed by atoms with Crippen LogP contribution in [0.1, 0.15) is 57.1 Å². The van der Waals surface area contributed by atoms with Crippen molar-refractivity contribution in [2.45, 2.75) is 58.5 Å². The molecule has 0 spiro atoms. The summed E-state index contributed by atoms with van der Waals surface area (Å²) >= 11 is 0. The van der Waals surface area contributed by atoms with Crippen LogP contribution >= 0.6 is 0 Å². The van der Waals surface area contributed by atoms with E-state index in [2.05, 4.69) is 29.9 Å². The molecule has 90 valence electrons. The maximum absolute atomic E-state index is 4.80. The van der Waals surface area contributed by atoms with Crippen molar-refractivity contribution in [3.63, 3.8) is 0 Å². The van der Waals surface area contributed by atoms with Gasteiger partial charge >= 0.3 is 0 Å². The minimum absolute atomic E-state index is 0.470. The monoisotopic (exact) mass is 221 g/mol. The van der Waals surface area contributed by atoms with E-state index in [4.69, 9.17) is 4.98 Å². The highest BCUT2D eigenvalue weighted by Gasteiger charge is 2.19. The van der Waals surface area contributed by atoms with Gasteiger partial charge in [0, 0.05) is 12.7 Å². The Labute approximate surface area is 98.3 Å². The molecule has 0 unspecified atom stereocenters. The molecular formula is C13H23N3. The molecular weight excluding hydrogens is 198 g/mol. The van der Waals surface area contributed by atoms with Crippen molar-refractivity contribution < 1.29 is 0 Å². The lowest BCUT2D eigenvalue weighted by Gasteiger charge is -2.14. The highest BCUT2D eigenvalue weighted by molar-refractivity contribution is 5.09. The molecule has 16 heavy (non-hydrogen) atoms. The molecule has 0 saturated heterocycles. The van der Waals surface area contributed by atoms with Crippen LogP contribution in [0.4, 0.5) is 0 Å². The minimum Gasteiger partial charge on any atom is -0.333 e. The van der Waals surface area contributed by atoms with Crippen LogP contribution < -0.4 is 5.32 Å². The molecule has 1 atom stereocenters. The van der Waals surface area contributed by atoms with Crippen LogP contribution in [0.3, 0.4) is 0 Å². The van der Waals surface area contributed by atoms with Gasteiger partial charge in [0.1, 0.15) is 5.82 Å². The molecule has 0 fully saturated rings. The summed E-state index contributed by atoms with van der Waals surface area (Å²) in [7, 11) is 0. The van der Waals surface area contributed by atoms with E-state index in [0.29, 0.717) is 6.04 Å². The Morgan fingerprint density at radius 3 is 3.06 bits per heavy atom. The van der Waals surface area contributed by atoms with Crippen LogP contribution in [0, 0.1) is 0 Å². The van der Waals surface area contributed by atoms with Crippen LogP contribution in [0.25, 0.3) is 0 Å². The Bertz CT molecular complexity index is 330. The van der Waals surface area contributed by atoms with E-state index in [1.165, 1.54) is 37.2 Å². The van der Waals surface area contributed by atoms with E-state index < -0.39 is 0 Å². The van der Waals surface area contributed by atoms with Crippen molar-refractivity contribution in [3.05, 3.63) is 17.7 Å². The predicted octanol–water partition coefficient (Wildman–Crippen LogP) is 2.67. The second-order valence-electron chi connectivity index (χ2n) is 4.68. The van der Waals surface area contributed by atoms with E-state index >= 15 is 0 Å². The predicted molar refractivity (Wildman–Crippen MR) is 66.5 cm³/mol. The van der Waals surface area contributed by atoms with Gasteiger partial charge in [0.05, 0.1) is 11.7 Å². The smallest absolute Gasteiger partial charge is 0.126 e. The van der Waals surface area contributed by atoms with E-state index in [9.17, 15) is 0 Å². The zero-order valence-corrected chi connectivity index (χ0v) is 10.5. The fourth-order valence-electron chi connectivity index (χ4n) is 2.46. The summed E-state index contributed by atoms with van der Waals surface area (Å²) in [6.45, 7) is 6.70. The molecule has 2 rings (SSSR count). The molecule has 0 aromatic carbocycles. The van der Waals surface area contributed by atoms with Crippen LogP contribution in [-0.2, 0) is 13.0 Å². The van der Waals surface area contributed by atoms with Crippen molar-refractivity contribution in [1.82, 2.24) is 14.9 Å². The first-order valence-electron chi connectivity index (χ1n) is 6.64. The summed E-state index contributed by atoms with van der Waals surface area (Å²) in [5.74, 6) is 1.27. The molecule has 0 radical (unpaired) electrons. The highest BCUT2D eigenvalue weighted by Crippen LogP contribution is 2.21. The van der Waals surface area contributed by atoms with Gasteiger partial charge in [-0.1, -0.05) is 26.7 Å². The Balaban J connectivity index is 2.21. The van der Waals surface area contributed by atoms with Gasteiger partial charge in [-0.05, 0) is 25.8 Å². The van der Waals surface area contributed by atoms with Gasteiger partial charge in [-0.25, -0.2) is 4.98 Å². The van der Waals surface area contributed by atoms with Crippen LogP contribution in [0.2, 0.25) is 0 Å². The third-order valence-corrected chi connectivity index (χ3v) is 3.22. The number of rotatable bonds is 4. The molecule has 1 aliphatic rings. The first kappa shape index (κ1) is 11.6. The first-order valence-corrected chi connectivity index (χ1v) is 6.64. The van der Waals surface area contributed by atoms with Crippen molar-refractivity contribution in [2.24, 2.45) is 0 Å². The van der Waals surface area contributed by atoms with Gasteiger partial charge < -0.3 is 9.88 Å². The number of aryl methyl sites for hydroxylation is 2. The first-order chi connectivity index (χ1) is 7.85. The molecule has 0 bridgehead atoms. The molecule has 1 N–H and O–H groups in total. The van der Waals surface area contributed by atoms with E-state index in [0.717, 1.165) is 19.5 Å². The number of fused-ring (bicyclic) bond motifs is 1. The molecule has 0 amide bonds. The molecule has 1 aromatic heterocycles. The number of hydrogen-bond donors (Lipinski definition) is 1. The molecule has 1 aromatic rings. The average molecular weight is 221 g/mol. The number of hydrogen-bond acceptors (Lipinski definition) is 2. The molecule has 3 nitrogen and oxygen atoms in total. The average Bonchev–Trinajstić information content (AvgIpc) is 2.58. The van der Waals surface area contributed by atoms with Gasteiger partial charge in [-0.15, -0.1) is 0 Å². The SMILES string of the molecule is CCCc1cn2c(n1)[C@@H](CCC)NCCC2. The standard InChI is InChI=1S/C13H23N3/c1-3-6-11-10-16-9-5-8-14-12(7-4-2)13(16)15-11/h10,12,14H,3-9H2,1-2H3/t12-/m1/s1. The maximum Gasteiger partial charge on any atom is 0.126 e. The molecule has 3 heteroatoms. The van der Waals surface area contributed by atoms with Gasteiger partial charge in [0.25, 0.3) is 0 Å². The summed E-state index contributed by atoms with van der Waals surface area (Å²) < 4.78 is 2.37. The summed E-state index contributed by atoms with van der Waals surface area (Å²) in [4.78, 5) is 4.80. The number of aromatic nitrogens is 2. The maximum atomic E-state index is 4.80. The second kappa shape index (κ2) is 5.48. The zero-order valence-electron chi connectivity index (χ0n) is 10.5. The summed E-state index contributed by atoms with van der Waals surface area (Å²) in [5, 5.41) is 3.61. The largest absolute Gasteiger partial charge is 0.333 e. The lowest BCUT2D eigenvalue weighted by molar-refractivity contribution is 0.488. The van der Waals surface area contributed by atoms with E-state index in [1.54, 1.807) is 0 Å². The molecule has 0 saturated carbocycles. The normalized spacial score (nSPS) is 20.5. The molecule has 2 heterocycles. The lowest BCUT2D eigenvalue weighted by Crippen LogP contribution is -2.21. The quantitative estimate of drug-likeness (QED) is 0.847. The Hall–Kier alpha value is -0.830. The third kappa shape index (κ3) is 2.46. The second-order valence-corrected chi connectivity index (χ2v) is 4.68. The van der Waals surface area contributed by atoms with Crippen molar-refractivity contribution >= 4 is 0 Å². The highest BCUT2D eigenvalue weighted by atomic mass is 15.1. The molecule has 1 aliphatic heterocycles. The Kier molecular flexibility index (Phi) is 3.99. The van der Waals surface area contributed by atoms with Crippen molar-refractivity contribution in [1.29, 1.82) is 0 Å². The Morgan fingerprint density at radius 2 is 2.31 bits per heavy atom. The lowest BCUT2D eigenvalue weighted by atomic mass is 10.1. The fourth-order valence-corrected chi connectivity index (χ4v) is 2.46. The van der Waals surface area contributed by atoms with Gasteiger partial charge in [0.15, 0.2) is 0 Å². The van der Waals surface area contributed by atoms with Gasteiger partial charge in [-0.3, -0.25) is 0 Å². The fraction of sp³-hybridized carbons (Fsp3) is 0.769. The van der Waals surface area contributed by atoms with Gasteiger partial charge in [0.2, 0.25) is 0 Å². The summed E-state index contributed by atoms with van der Waals surface area (Å²) in [6, 6.07) is 0.470. The number of imidazole rings is 1. The van der Waals surface area contributed by atoms with Crippen LogP contribution in [-0.4, -0.2) is 16.1 Å². The number of nitrogens with one attached hydrogen (secondary N) is 1. The third-order valence-electron chi connectivity index (χ3n) is 3.22. The van der Waals surface area contributed by atoms with Crippen molar-refractivity contribution in [3.8, 4) is 0 Å². The van der Waals surface area contributed by atoms with Crippen LogP contribution in [0.15, 0.2) is 6.20 Å². The van der Waals surface area contributed by atoms with Gasteiger partial charge in [-0.2, -0.15) is 0 Å². The number of nitrogens with zero attached hydrogens (tertiary/aromatic N) is 2. The van der Waals surface area contributed by atoms with E-state index in [-0.39, 0.29) is 0 Å². The summed E-state index contributed by atoms with van der Waals surface area (Å²) in [6.07, 6.45) is 8.18. The van der Waals surface area contributed by atoms with Crippen molar-refractivity contribution in [2.75, 3.05) is 6.54 Å². The molecule has 0 aliphatic carbocycles. The minimum atomic E-state index is 0.470. The Morgan fingerprint density at radius 1 is 1.44 bits per heavy atom. The van der Waals surface area contributed by atoms with E-state index in [1.807, 2.05) is 0 Å². The zero-order chi connectivity index (χ0) is 11.4.